The van der Waals surface area contributed by atoms with Gasteiger partial charge in [-0.05, 0) is 73.8 Å². The molecule has 0 atom stereocenters. The van der Waals surface area contributed by atoms with Crippen molar-refractivity contribution < 1.29 is 18.4 Å². The fraction of sp³-hybridized carbons (Fsp3) is 0.364. The average Bonchev–Trinajstić information content (AvgIpc) is 2.99. The van der Waals surface area contributed by atoms with Crippen LogP contribution in [0.3, 0.4) is 0 Å². The standard InChI is InChI=1S/C22H22F2N2O2/c23-18-4-1-16(2-5-18)21(27)14-25-9-7-15(8-10-25)12-26-13-17-3-6-19(24)11-20(17)22(26)28/h1-6,11,15H,7-10,12-14H2. The molecule has 0 aromatic heterocycles. The predicted octanol–water partition coefficient (Wildman–Crippen LogP) is 3.52. The Bertz CT molecular complexity index is 890. The van der Waals surface area contributed by atoms with E-state index in [1.54, 1.807) is 11.0 Å². The van der Waals surface area contributed by atoms with E-state index in [0.717, 1.165) is 31.5 Å². The van der Waals surface area contributed by atoms with Crippen molar-refractivity contribution in [3.05, 3.63) is 70.8 Å². The number of likely N-dealkylation sites (tertiary alicyclic amines) is 1. The number of benzene rings is 2. The highest BCUT2D eigenvalue weighted by atomic mass is 19.1. The molecule has 0 radical (unpaired) electrons. The number of carbonyl (C=O) groups excluding carboxylic acids is 2. The highest BCUT2D eigenvalue weighted by Crippen LogP contribution is 2.27. The number of ketones is 1. The number of hydrogen-bond acceptors (Lipinski definition) is 3. The van der Waals surface area contributed by atoms with Gasteiger partial charge in [0.2, 0.25) is 0 Å². The summed E-state index contributed by atoms with van der Waals surface area (Å²) in [5.41, 5.74) is 1.88. The summed E-state index contributed by atoms with van der Waals surface area (Å²) in [6, 6.07) is 10.0. The molecule has 0 unspecified atom stereocenters. The van der Waals surface area contributed by atoms with Crippen molar-refractivity contribution in [1.82, 2.24) is 9.80 Å². The zero-order chi connectivity index (χ0) is 19.7. The number of Topliss-reactive ketones (excluding diaryl/α,β-unsaturated/α-hetero) is 1. The van der Waals surface area contributed by atoms with Gasteiger partial charge >= 0.3 is 0 Å². The molecule has 2 aliphatic heterocycles. The van der Waals surface area contributed by atoms with E-state index < -0.39 is 0 Å². The molecule has 146 valence electrons. The summed E-state index contributed by atoms with van der Waals surface area (Å²) in [6.45, 7) is 3.11. The molecule has 0 spiro atoms. The number of hydrogen-bond donors (Lipinski definition) is 0. The molecule has 0 bridgehead atoms. The van der Waals surface area contributed by atoms with Crippen LogP contribution in [0.5, 0.6) is 0 Å². The summed E-state index contributed by atoms with van der Waals surface area (Å²) >= 11 is 0. The lowest BCUT2D eigenvalue weighted by atomic mass is 9.95. The third kappa shape index (κ3) is 3.97. The van der Waals surface area contributed by atoms with Gasteiger partial charge in [0, 0.05) is 24.2 Å². The van der Waals surface area contributed by atoms with Crippen LogP contribution in [0.25, 0.3) is 0 Å². The quantitative estimate of drug-likeness (QED) is 0.741. The molecule has 6 heteroatoms. The zero-order valence-electron chi connectivity index (χ0n) is 15.5. The Morgan fingerprint density at radius 2 is 1.68 bits per heavy atom. The number of piperidine rings is 1. The number of rotatable bonds is 5. The third-order valence-corrected chi connectivity index (χ3v) is 5.67. The third-order valence-electron chi connectivity index (χ3n) is 5.67. The first-order valence-corrected chi connectivity index (χ1v) is 9.58. The van der Waals surface area contributed by atoms with Crippen LogP contribution in [-0.2, 0) is 6.54 Å². The fourth-order valence-electron chi connectivity index (χ4n) is 4.05. The van der Waals surface area contributed by atoms with Crippen molar-refractivity contribution in [2.24, 2.45) is 5.92 Å². The second-order valence-electron chi connectivity index (χ2n) is 7.64. The molecule has 1 fully saturated rings. The highest BCUT2D eigenvalue weighted by molar-refractivity contribution is 5.98. The summed E-state index contributed by atoms with van der Waals surface area (Å²) in [5, 5.41) is 0. The van der Waals surface area contributed by atoms with Crippen LogP contribution in [0.1, 0.15) is 39.1 Å². The van der Waals surface area contributed by atoms with E-state index in [1.807, 2.05) is 0 Å². The van der Waals surface area contributed by atoms with Crippen molar-refractivity contribution in [3.63, 3.8) is 0 Å². The van der Waals surface area contributed by atoms with Crippen molar-refractivity contribution >= 4 is 11.7 Å². The summed E-state index contributed by atoms with van der Waals surface area (Å²) in [5.74, 6) is -0.457. The lowest BCUT2D eigenvalue weighted by Gasteiger charge is -2.33. The summed E-state index contributed by atoms with van der Waals surface area (Å²) in [4.78, 5) is 28.7. The zero-order valence-corrected chi connectivity index (χ0v) is 15.5. The van der Waals surface area contributed by atoms with Gasteiger partial charge in [0.1, 0.15) is 11.6 Å². The molecule has 0 saturated carbocycles. The van der Waals surface area contributed by atoms with Crippen LogP contribution in [0, 0.1) is 17.6 Å². The Morgan fingerprint density at radius 1 is 1.00 bits per heavy atom. The summed E-state index contributed by atoms with van der Waals surface area (Å²) < 4.78 is 26.4. The molecule has 2 aliphatic rings. The largest absolute Gasteiger partial charge is 0.334 e. The molecule has 1 saturated heterocycles. The summed E-state index contributed by atoms with van der Waals surface area (Å²) in [6.07, 6.45) is 1.82. The number of carbonyl (C=O) groups is 2. The van der Waals surface area contributed by atoms with Gasteiger partial charge in [-0.25, -0.2) is 8.78 Å². The molecule has 28 heavy (non-hydrogen) atoms. The normalized spacial score (nSPS) is 17.8. The maximum Gasteiger partial charge on any atom is 0.254 e. The van der Waals surface area contributed by atoms with Crippen LogP contribution in [-0.4, -0.2) is 47.7 Å². The lowest BCUT2D eigenvalue weighted by molar-refractivity contribution is 0.0707. The highest BCUT2D eigenvalue weighted by Gasteiger charge is 2.31. The van der Waals surface area contributed by atoms with E-state index >= 15 is 0 Å². The number of fused-ring (bicyclic) bond motifs is 1. The monoisotopic (exact) mass is 384 g/mol. The van der Waals surface area contributed by atoms with Gasteiger partial charge in [0.05, 0.1) is 6.54 Å². The van der Waals surface area contributed by atoms with Gasteiger partial charge in [-0.2, -0.15) is 0 Å². The van der Waals surface area contributed by atoms with Crippen molar-refractivity contribution in [3.8, 4) is 0 Å². The van der Waals surface area contributed by atoms with E-state index in [2.05, 4.69) is 4.90 Å². The SMILES string of the molecule is O=C(CN1CCC(CN2Cc3ccc(F)cc3C2=O)CC1)c1ccc(F)cc1. The molecule has 2 aromatic rings. The first kappa shape index (κ1) is 18.7. The second kappa shape index (κ2) is 7.80. The fourth-order valence-corrected chi connectivity index (χ4v) is 4.05. The second-order valence-corrected chi connectivity index (χ2v) is 7.64. The van der Waals surface area contributed by atoms with Gasteiger partial charge in [-0.15, -0.1) is 0 Å². The molecule has 2 heterocycles. The van der Waals surface area contributed by atoms with Gasteiger partial charge in [-0.3, -0.25) is 14.5 Å². The Labute approximate surface area is 162 Å². The number of halogens is 2. The van der Waals surface area contributed by atoms with Gasteiger partial charge in [0.15, 0.2) is 5.78 Å². The molecule has 4 rings (SSSR count). The Kier molecular flexibility index (Phi) is 5.22. The van der Waals surface area contributed by atoms with Crippen LogP contribution < -0.4 is 0 Å². The molecule has 0 aliphatic carbocycles. The predicted molar refractivity (Wildman–Crippen MR) is 101 cm³/mol. The maximum absolute atomic E-state index is 13.4. The van der Waals surface area contributed by atoms with Gasteiger partial charge in [-0.1, -0.05) is 6.07 Å². The van der Waals surface area contributed by atoms with Gasteiger partial charge < -0.3 is 4.90 Å². The van der Waals surface area contributed by atoms with Crippen LogP contribution >= 0.6 is 0 Å². The Hall–Kier alpha value is -2.60. The van der Waals surface area contributed by atoms with E-state index in [0.29, 0.717) is 36.7 Å². The first-order valence-electron chi connectivity index (χ1n) is 9.58. The van der Waals surface area contributed by atoms with Crippen molar-refractivity contribution in [2.75, 3.05) is 26.2 Å². The van der Waals surface area contributed by atoms with E-state index in [9.17, 15) is 18.4 Å². The minimum absolute atomic E-state index is 0.00866. The van der Waals surface area contributed by atoms with Crippen LogP contribution in [0.2, 0.25) is 0 Å². The molecule has 4 nitrogen and oxygen atoms in total. The molecule has 0 N–H and O–H groups in total. The van der Waals surface area contributed by atoms with Crippen molar-refractivity contribution in [2.45, 2.75) is 19.4 Å². The molecule has 1 amide bonds. The minimum atomic E-state index is -0.381. The number of nitrogens with zero attached hydrogens (tertiary/aromatic N) is 2. The first-order chi connectivity index (χ1) is 13.5. The van der Waals surface area contributed by atoms with E-state index in [4.69, 9.17) is 0 Å². The van der Waals surface area contributed by atoms with E-state index in [-0.39, 0.29) is 23.3 Å². The maximum atomic E-state index is 13.4. The number of amides is 1. The van der Waals surface area contributed by atoms with Gasteiger partial charge in [0.25, 0.3) is 5.91 Å². The molecular formula is C22H22F2N2O2. The molecule has 2 aromatic carbocycles. The minimum Gasteiger partial charge on any atom is -0.334 e. The average molecular weight is 384 g/mol. The molecular weight excluding hydrogens is 362 g/mol. The van der Waals surface area contributed by atoms with Crippen LogP contribution in [0.4, 0.5) is 8.78 Å². The topological polar surface area (TPSA) is 40.6 Å². The smallest absolute Gasteiger partial charge is 0.254 e. The summed E-state index contributed by atoms with van der Waals surface area (Å²) in [7, 11) is 0. The van der Waals surface area contributed by atoms with Crippen LogP contribution in [0.15, 0.2) is 42.5 Å². The van der Waals surface area contributed by atoms with E-state index in [1.165, 1.54) is 36.4 Å². The Balaban J connectivity index is 1.27. The van der Waals surface area contributed by atoms with Crippen molar-refractivity contribution in [1.29, 1.82) is 0 Å². The lowest BCUT2D eigenvalue weighted by Crippen LogP contribution is -2.41. The Morgan fingerprint density at radius 3 is 2.39 bits per heavy atom.